The molecule has 0 heterocycles. The zero-order valence-corrected chi connectivity index (χ0v) is 14.1. The van der Waals surface area contributed by atoms with E-state index in [1.165, 1.54) is 0 Å². The van der Waals surface area contributed by atoms with Gasteiger partial charge in [0.15, 0.2) is 0 Å². The van der Waals surface area contributed by atoms with Crippen molar-refractivity contribution in [2.24, 2.45) is 0 Å². The molecule has 3 nitrogen and oxygen atoms in total. The van der Waals surface area contributed by atoms with Crippen molar-refractivity contribution in [3.8, 4) is 0 Å². The van der Waals surface area contributed by atoms with Gasteiger partial charge in [0.2, 0.25) is 0 Å². The van der Waals surface area contributed by atoms with Crippen LogP contribution in [0, 0.1) is 0 Å². The van der Waals surface area contributed by atoms with E-state index in [4.69, 9.17) is 4.74 Å². The number of hydrogen-bond acceptors (Lipinski definition) is 3. The standard InChI is InChI=1S/C21H23NO2/c1-3-20(22-17(2)19-14-8-5-9-15-19)21(23)24-16-10-13-18-11-6-4-7-12-18/h3-15,17,22H,16H2,1-2H3/b13-10?,20-3-/t17-/m1/s1. The van der Waals surface area contributed by atoms with Crippen molar-refractivity contribution >= 4 is 12.0 Å². The van der Waals surface area contributed by atoms with Crippen molar-refractivity contribution in [3.05, 3.63) is 89.6 Å². The average Bonchev–Trinajstić information content (AvgIpc) is 2.64. The molecule has 0 fully saturated rings. The quantitative estimate of drug-likeness (QED) is 0.603. The molecule has 24 heavy (non-hydrogen) atoms. The fraction of sp³-hybridized carbons (Fsp3) is 0.190. The third kappa shape index (κ3) is 5.43. The van der Waals surface area contributed by atoms with Crippen LogP contribution in [0.2, 0.25) is 0 Å². The number of ether oxygens (including phenoxy) is 1. The average molecular weight is 321 g/mol. The van der Waals surface area contributed by atoms with E-state index in [9.17, 15) is 4.79 Å². The number of nitrogens with one attached hydrogen (secondary N) is 1. The normalized spacial score (nSPS) is 12.8. The highest BCUT2D eigenvalue weighted by Crippen LogP contribution is 2.13. The molecule has 1 atom stereocenters. The molecule has 0 aliphatic rings. The lowest BCUT2D eigenvalue weighted by molar-refractivity contribution is -0.138. The summed E-state index contributed by atoms with van der Waals surface area (Å²) in [7, 11) is 0. The molecule has 0 aliphatic carbocycles. The zero-order chi connectivity index (χ0) is 17.2. The summed E-state index contributed by atoms with van der Waals surface area (Å²) in [6.07, 6.45) is 5.51. The van der Waals surface area contributed by atoms with Gasteiger partial charge in [0.05, 0.1) is 0 Å². The monoisotopic (exact) mass is 321 g/mol. The van der Waals surface area contributed by atoms with Crippen LogP contribution >= 0.6 is 0 Å². The summed E-state index contributed by atoms with van der Waals surface area (Å²) in [5.74, 6) is -0.349. The van der Waals surface area contributed by atoms with Crippen LogP contribution in [0.1, 0.15) is 31.0 Å². The molecule has 0 saturated heterocycles. The van der Waals surface area contributed by atoms with Crippen LogP contribution in [0.25, 0.3) is 6.08 Å². The Morgan fingerprint density at radius 3 is 2.33 bits per heavy atom. The molecule has 0 unspecified atom stereocenters. The topological polar surface area (TPSA) is 38.3 Å². The molecule has 0 saturated carbocycles. The minimum absolute atomic E-state index is 0.0322. The Balaban J connectivity index is 1.84. The Kier molecular flexibility index (Phi) is 6.84. The third-order valence-corrected chi connectivity index (χ3v) is 3.60. The van der Waals surface area contributed by atoms with Gasteiger partial charge < -0.3 is 10.1 Å². The molecule has 0 spiro atoms. The van der Waals surface area contributed by atoms with E-state index in [0.717, 1.165) is 11.1 Å². The van der Waals surface area contributed by atoms with E-state index < -0.39 is 0 Å². The Morgan fingerprint density at radius 2 is 1.71 bits per heavy atom. The van der Waals surface area contributed by atoms with E-state index in [1.807, 2.05) is 86.7 Å². The van der Waals surface area contributed by atoms with Gasteiger partial charge in [0, 0.05) is 6.04 Å². The molecule has 0 aromatic heterocycles. The third-order valence-electron chi connectivity index (χ3n) is 3.60. The molecule has 0 amide bonds. The number of rotatable bonds is 7. The van der Waals surface area contributed by atoms with Gasteiger partial charge in [0.1, 0.15) is 12.3 Å². The van der Waals surface area contributed by atoms with Gasteiger partial charge in [-0.1, -0.05) is 72.8 Å². The zero-order valence-electron chi connectivity index (χ0n) is 14.1. The summed E-state index contributed by atoms with van der Waals surface area (Å²) in [4.78, 5) is 12.2. The van der Waals surface area contributed by atoms with Crippen LogP contribution in [-0.4, -0.2) is 12.6 Å². The fourth-order valence-corrected chi connectivity index (χ4v) is 2.27. The van der Waals surface area contributed by atoms with Gasteiger partial charge in [-0.3, -0.25) is 0 Å². The summed E-state index contributed by atoms with van der Waals surface area (Å²) < 4.78 is 5.30. The van der Waals surface area contributed by atoms with Gasteiger partial charge in [0.25, 0.3) is 0 Å². The smallest absolute Gasteiger partial charge is 0.354 e. The van der Waals surface area contributed by atoms with E-state index in [2.05, 4.69) is 5.32 Å². The van der Waals surface area contributed by atoms with Gasteiger partial charge in [-0.05, 0) is 31.1 Å². The van der Waals surface area contributed by atoms with E-state index in [0.29, 0.717) is 5.70 Å². The van der Waals surface area contributed by atoms with Crippen molar-refractivity contribution in [1.29, 1.82) is 0 Å². The molecule has 2 aromatic rings. The highest BCUT2D eigenvalue weighted by Gasteiger charge is 2.13. The van der Waals surface area contributed by atoms with E-state index >= 15 is 0 Å². The molecular weight excluding hydrogens is 298 g/mol. The molecule has 2 rings (SSSR count). The number of benzene rings is 2. The predicted molar refractivity (Wildman–Crippen MR) is 98.2 cm³/mol. The van der Waals surface area contributed by atoms with E-state index in [1.54, 1.807) is 6.08 Å². The maximum Gasteiger partial charge on any atom is 0.354 e. The Morgan fingerprint density at radius 1 is 1.08 bits per heavy atom. The number of allylic oxidation sites excluding steroid dienone is 1. The minimum atomic E-state index is -0.349. The SMILES string of the molecule is C/C=C(\N[C@H](C)c1ccccc1)C(=O)OCC=Cc1ccccc1. The maximum atomic E-state index is 12.2. The van der Waals surface area contributed by atoms with Crippen molar-refractivity contribution < 1.29 is 9.53 Å². The summed E-state index contributed by atoms with van der Waals surface area (Å²) in [5, 5.41) is 3.20. The molecule has 0 bridgehead atoms. The molecule has 0 aliphatic heterocycles. The summed E-state index contributed by atoms with van der Waals surface area (Å²) in [6, 6.07) is 19.9. The molecule has 0 radical (unpaired) electrons. The van der Waals surface area contributed by atoms with Crippen molar-refractivity contribution in [2.75, 3.05) is 6.61 Å². The molecule has 3 heteroatoms. The van der Waals surface area contributed by atoms with Crippen molar-refractivity contribution in [3.63, 3.8) is 0 Å². The van der Waals surface area contributed by atoms with Crippen LogP contribution < -0.4 is 5.32 Å². The maximum absolute atomic E-state index is 12.2. The second-order valence-electron chi connectivity index (χ2n) is 5.39. The first kappa shape index (κ1) is 17.5. The van der Waals surface area contributed by atoms with Gasteiger partial charge in [-0.25, -0.2) is 4.79 Å². The lowest BCUT2D eigenvalue weighted by Gasteiger charge is -2.17. The summed E-state index contributed by atoms with van der Waals surface area (Å²) in [6.45, 7) is 4.08. The summed E-state index contributed by atoms with van der Waals surface area (Å²) >= 11 is 0. The van der Waals surface area contributed by atoms with Crippen LogP contribution in [0.5, 0.6) is 0 Å². The second kappa shape index (κ2) is 9.36. The number of hydrogen-bond donors (Lipinski definition) is 1. The minimum Gasteiger partial charge on any atom is -0.457 e. The van der Waals surface area contributed by atoms with Crippen LogP contribution in [0.4, 0.5) is 0 Å². The largest absolute Gasteiger partial charge is 0.457 e. The first-order valence-electron chi connectivity index (χ1n) is 8.07. The van der Waals surface area contributed by atoms with Gasteiger partial charge >= 0.3 is 5.97 Å². The summed E-state index contributed by atoms with van der Waals surface area (Å²) in [5.41, 5.74) is 2.67. The Labute approximate surface area is 143 Å². The second-order valence-corrected chi connectivity index (χ2v) is 5.39. The lowest BCUT2D eigenvalue weighted by atomic mass is 10.1. The highest BCUT2D eigenvalue weighted by molar-refractivity contribution is 5.87. The first-order valence-corrected chi connectivity index (χ1v) is 8.07. The van der Waals surface area contributed by atoms with E-state index in [-0.39, 0.29) is 18.6 Å². The molecule has 124 valence electrons. The molecule has 2 aromatic carbocycles. The molecular formula is C21H23NO2. The van der Waals surface area contributed by atoms with Crippen molar-refractivity contribution in [1.82, 2.24) is 5.32 Å². The Hall–Kier alpha value is -2.81. The van der Waals surface area contributed by atoms with Crippen LogP contribution in [-0.2, 0) is 9.53 Å². The predicted octanol–water partition coefficient (Wildman–Crippen LogP) is 4.50. The Bertz CT molecular complexity index is 690. The molecule has 1 N–H and O–H groups in total. The van der Waals surface area contributed by atoms with Gasteiger partial charge in [-0.15, -0.1) is 0 Å². The fourth-order valence-electron chi connectivity index (χ4n) is 2.27. The number of esters is 1. The van der Waals surface area contributed by atoms with Crippen LogP contribution in [0.15, 0.2) is 78.5 Å². The van der Waals surface area contributed by atoms with Crippen molar-refractivity contribution in [2.45, 2.75) is 19.9 Å². The highest BCUT2D eigenvalue weighted by atomic mass is 16.5. The number of carbonyl (C=O) groups excluding carboxylic acids is 1. The first-order chi connectivity index (χ1) is 11.7. The number of carbonyl (C=O) groups is 1. The van der Waals surface area contributed by atoms with Crippen LogP contribution in [0.3, 0.4) is 0 Å². The van der Waals surface area contributed by atoms with Gasteiger partial charge in [-0.2, -0.15) is 0 Å². The lowest BCUT2D eigenvalue weighted by Crippen LogP contribution is -2.25.